The lowest BCUT2D eigenvalue weighted by atomic mass is 10.2. The van der Waals surface area contributed by atoms with Crippen molar-refractivity contribution in [2.24, 2.45) is 0 Å². The van der Waals surface area contributed by atoms with Crippen LogP contribution in [0.4, 0.5) is 0 Å². The van der Waals surface area contributed by atoms with E-state index in [0.29, 0.717) is 0 Å². The Bertz CT molecular complexity index is 306. The monoisotopic (exact) mass is 213 g/mol. The average molecular weight is 213 g/mol. The van der Waals surface area contributed by atoms with E-state index in [9.17, 15) is 4.57 Å². The van der Waals surface area contributed by atoms with Crippen molar-refractivity contribution in [1.82, 2.24) is 0 Å². The van der Waals surface area contributed by atoms with E-state index in [-0.39, 0.29) is 6.61 Å². The van der Waals surface area contributed by atoms with Crippen molar-refractivity contribution in [2.75, 3.05) is 0 Å². The Kier molecular flexibility index (Phi) is 4.21. The predicted octanol–water partition coefficient (Wildman–Crippen LogP) is 2.59. The smallest absolute Gasteiger partial charge is 0.349 e. The van der Waals surface area contributed by atoms with Crippen molar-refractivity contribution in [3.63, 3.8) is 0 Å². The van der Waals surface area contributed by atoms with Gasteiger partial charge in [0.1, 0.15) is 6.61 Å². The highest BCUT2D eigenvalue weighted by Gasteiger charge is 2.24. The molecule has 1 aromatic rings. The van der Waals surface area contributed by atoms with Gasteiger partial charge in [-0.3, -0.25) is 0 Å². The summed E-state index contributed by atoms with van der Waals surface area (Å²) in [5.41, 5.74) is 2.13. The number of rotatable bonds is 4. The van der Waals surface area contributed by atoms with E-state index < -0.39 is 13.9 Å². The van der Waals surface area contributed by atoms with Crippen LogP contribution in [0.25, 0.3) is 0 Å². The molecule has 0 saturated carbocycles. The van der Waals surface area contributed by atoms with Gasteiger partial charge in [-0.15, -0.1) is 4.52 Å². The third-order valence-electron chi connectivity index (χ3n) is 1.78. The van der Waals surface area contributed by atoms with Crippen LogP contribution in [0.2, 0.25) is 0 Å². The van der Waals surface area contributed by atoms with E-state index in [1.165, 1.54) is 12.5 Å². The zero-order valence-electron chi connectivity index (χ0n) is 8.30. The largest absolute Gasteiger partial charge is 0.540 e. The first-order valence-electron chi connectivity index (χ1n) is 4.42. The molecule has 1 aromatic carbocycles. The molecule has 0 amide bonds. The minimum Gasteiger partial charge on any atom is -0.349 e. The summed E-state index contributed by atoms with van der Waals surface area (Å²) in [6, 6.07) is 7.77. The zero-order valence-corrected chi connectivity index (χ0v) is 9.20. The zero-order chi connectivity index (χ0) is 10.6. The van der Waals surface area contributed by atoms with Crippen LogP contribution in [0.3, 0.4) is 0 Å². The third kappa shape index (κ3) is 3.54. The fourth-order valence-corrected chi connectivity index (χ4v) is 1.42. The summed E-state index contributed by atoms with van der Waals surface area (Å²) in [6.45, 7) is 3.73. The van der Waals surface area contributed by atoms with Crippen molar-refractivity contribution in [3.05, 3.63) is 35.4 Å². The van der Waals surface area contributed by atoms with Crippen LogP contribution in [0.5, 0.6) is 0 Å². The van der Waals surface area contributed by atoms with Crippen LogP contribution in [0.15, 0.2) is 24.3 Å². The van der Waals surface area contributed by atoms with Gasteiger partial charge >= 0.3 is 8.03 Å². The van der Waals surface area contributed by atoms with E-state index in [4.69, 9.17) is 9.63 Å². The standard InChI is InChI=1S/C10H14O3P/c1-8-3-5-10(6-4-8)7-13-14(12)9(2)11/h3-6,9,11H,7H2,1-2H3/q+1. The van der Waals surface area contributed by atoms with E-state index in [0.717, 1.165) is 5.56 Å². The molecule has 0 spiro atoms. The summed E-state index contributed by atoms with van der Waals surface area (Å²) >= 11 is 0. The van der Waals surface area contributed by atoms with Crippen molar-refractivity contribution in [3.8, 4) is 0 Å². The van der Waals surface area contributed by atoms with E-state index in [1.54, 1.807) is 0 Å². The van der Waals surface area contributed by atoms with Crippen LogP contribution in [0, 0.1) is 6.92 Å². The van der Waals surface area contributed by atoms with Crippen LogP contribution in [-0.2, 0) is 15.7 Å². The number of aliphatic hydroxyl groups is 1. The second-order valence-electron chi connectivity index (χ2n) is 3.18. The van der Waals surface area contributed by atoms with Gasteiger partial charge in [0.25, 0.3) is 5.85 Å². The summed E-state index contributed by atoms with van der Waals surface area (Å²) in [5.74, 6) is -0.907. The van der Waals surface area contributed by atoms with Crippen LogP contribution in [0.1, 0.15) is 18.1 Å². The van der Waals surface area contributed by atoms with Crippen molar-refractivity contribution >= 4 is 8.03 Å². The normalized spacial score (nSPS) is 13.8. The maximum atomic E-state index is 11.1. The molecule has 0 aliphatic heterocycles. The van der Waals surface area contributed by atoms with Gasteiger partial charge in [-0.1, -0.05) is 29.8 Å². The Morgan fingerprint density at radius 2 is 2.00 bits per heavy atom. The molecule has 2 atom stereocenters. The number of benzene rings is 1. The quantitative estimate of drug-likeness (QED) is 0.782. The lowest BCUT2D eigenvalue weighted by molar-refractivity contribution is 0.228. The maximum Gasteiger partial charge on any atom is 0.540 e. The fourth-order valence-electron chi connectivity index (χ4n) is 0.930. The van der Waals surface area contributed by atoms with Crippen molar-refractivity contribution in [2.45, 2.75) is 26.3 Å². The van der Waals surface area contributed by atoms with Gasteiger partial charge in [0.15, 0.2) is 0 Å². The molecule has 2 unspecified atom stereocenters. The first-order valence-corrected chi connectivity index (χ1v) is 5.67. The van der Waals surface area contributed by atoms with E-state index >= 15 is 0 Å². The Balaban J connectivity index is 2.46. The lowest BCUT2D eigenvalue weighted by Gasteiger charge is -1.97. The molecule has 4 heteroatoms. The molecule has 1 N–H and O–H groups in total. The third-order valence-corrected chi connectivity index (χ3v) is 2.78. The molecule has 0 aromatic heterocycles. The van der Waals surface area contributed by atoms with Gasteiger partial charge in [0.05, 0.1) is 0 Å². The van der Waals surface area contributed by atoms with Crippen LogP contribution >= 0.6 is 8.03 Å². The van der Waals surface area contributed by atoms with Crippen LogP contribution in [-0.4, -0.2) is 11.0 Å². The topological polar surface area (TPSA) is 46.5 Å². The second-order valence-corrected chi connectivity index (χ2v) is 4.75. The van der Waals surface area contributed by atoms with Crippen molar-refractivity contribution in [1.29, 1.82) is 0 Å². The van der Waals surface area contributed by atoms with Gasteiger partial charge in [0, 0.05) is 6.92 Å². The van der Waals surface area contributed by atoms with Gasteiger partial charge in [0.2, 0.25) is 0 Å². The first-order chi connectivity index (χ1) is 6.59. The molecule has 14 heavy (non-hydrogen) atoms. The number of aliphatic hydroxyl groups excluding tert-OH is 1. The highest BCUT2D eigenvalue weighted by atomic mass is 31.1. The molecule has 0 fully saturated rings. The molecule has 0 aliphatic carbocycles. The minimum atomic E-state index is -1.97. The molecule has 76 valence electrons. The Morgan fingerprint density at radius 1 is 1.43 bits per heavy atom. The van der Waals surface area contributed by atoms with Gasteiger partial charge in [-0.05, 0) is 17.1 Å². The number of aryl methyl sites for hydroxylation is 1. The molecule has 0 saturated heterocycles. The summed E-state index contributed by atoms with van der Waals surface area (Å²) in [6.07, 6.45) is 0. The maximum absolute atomic E-state index is 11.1. The lowest BCUT2D eigenvalue weighted by Crippen LogP contribution is -1.95. The molecule has 0 radical (unpaired) electrons. The number of hydrogen-bond acceptors (Lipinski definition) is 3. The second kappa shape index (κ2) is 5.20. The molecule has 3 nitrogen and oxygen atoms in total. The van der Waals surface area contributed by atoms with Crippen molar-refractivity contribution < 1.29 is 14.2 Å². The molecule has 0 aliphatic rings. The highest BCUT2D eigenvalue weighted by molar-refractivity contribution is 7.39. The summed E-state index contributed by atoms with van der Waals surface area (Å²) in [4.78, 5) is 0. The van der Waals surface area contributed by atoms with Gasteiger partial charge in [-0.25, -0.2) is 0 Å². The van der Waals surface area contributed by atoms with Crippen LogP contribution < -0.4 is 0 Å². The average Bonchev–Trinajstić information content (AvgIpc) is 2.16. The molecule has 0 bridgehead atoms. The van der Waals surface area contributed by atoms with Gasteiger partial charge in [-0.2, -0.15) is 0 Å². The van der Waals surface area contributed by atoms with E-state index in [2.05, 4.69) is 0 Å². The highest BCUT2D eigenvalue weighted by Crippen LogP contribution is 2.28. The van der Waals surface area contributed by atoms with E-state index in [1.807, 2.05) is 31.2 Å². The predicted molar refractivity (Wildman–Crippen MR) is 55.3 cm³/mol. The molecular formula is C10H14O3P+. The minimum absolute atomic E-state index is 0.278. The summed E-state index contributed by atoms with van der Waals surface area (Å²) in [5, 5.41) is 8.93. The number of hydrogen-bond donors (Lipinski definition) is 1. The van der Waals surface area contributed by atoms with Gasteiger partial charge < -0.3 is 5.11 Å². The Hall–Kier alpha value is -0.760. The Morgan fingerprint density at radius 3 is 2.50 bits per heavy atom. The first kappa shape index (κ1) is 11.3. The molecule has 1 rings (SSSR count). The molecule has 0 heterocycles. The molecular weight excluding hydrogens is 199 g/mol. The fraction of sp³-hybridized carbons (Fsp3) is 0.400. The summed E-state index contributed by atoms with van der Waals surface area (Å²) in [7, 11) is -1.97. The summed E-state index contributed by atoms with van der Waals surface area (Å²) < 4.78 is 16.0. The Labute approximate surface area is 84.6 Å². The SMILES string of the molecule is Cc1ccc(CO[P+](=O)C(C)O)cc1.